The summed E-state index contributed by atoms with van der Waals surface area (Å²) in [4.78, 5) is 35.3. The molecule has 6 nitrogen and oxygen atoms in total. The second-order valence-corrected chi connectivity index (χ2v) is 6.51. The molecule has 22 heavy (non-hydrogen) atoms. The first kappa shape index (κ1) is 19.3. The number of Topliss-reactive ketones (excluding diaryl/α,β-unsaturated/α-hetero) is 3. The Hall–Kier alpha value is -0.760. The van der Waals surface area contributed by atoms with Gasteiger partial charge in [-0.2, -0.15) is 0 Å². The minimum absolute atomic E-state index is 0.0145. The summed E-state index contributed by atoms with van der Waals surface area (Å²) in [7, 11) is 1.83. The summed E-state index contributed by atoms with van der Waals surface area (Å²) in [6.07, 6.45) is 2.47. The summed E-state index contributed by atoms with van der Waals surface area (Å²) >= 11 is 1.45. The molecule has 7 heteroatoms. The molecule has 126 valence electrons. The normalized spacial score (nSPS) is 20.5. The van der Waals surface area contributed by atoms with Crippen molar-refractivity contribution >= 4 is 29.3 Å². The van der Waals surface area contributed by atoms with Crippen LogP contribution in [0, 0.1) is 5.92 Å². The predicted molar refractivity (Wildman–Crippen MR) is 88.8 cm³/mol. The zero-order chi connectivity index (χ0) is 16.4. The van der Waals surface area contributed by atoms with Crippen molar-refractivity contribution in [1.82, 2.24) is 15.4 Å². The molecule has 1 heterocycles. The summed E-state index contributed by atoms with van der Waals surface area (Å²) < 4.78 is 3.12. The molecular weight excluding hydrogens is 302 g/mol. The van der Waals surface area contributed by atoms with E-state index < -0.39 is 0 Å². The summed E-state index contributed by atoms with van der Waals surface area (Å²) in [6, 6.07) is -0.281. The molecule has 1 rings (SSSR count). The molecule has 1 saturated heterocycles. The molecule has 1 aliphatic rings. The Balaban J connectivity index is 2.29. The SMILES string of the molecule is CNCC[C@H](NCC(=O)CC[C@@H]1CCNSCC1=O)C(C)=O. The zero-order valence-corrected chi connectivity index (χ0v) is 14.3. The highest BCUT2D eigenvalue weighted by molar-refractivity contribution is 7.98. The summed E-state index contributed by atoms with van der Waals surface area (Å²) in [5.41, 5.74) is 0. The molecule has 0 bridgehead atoms. The van der Waals surface area contributed by atoms with E-state index in [9.17, 15) is 14.4 Å². The molecule has 2 atom stereocenters. The van der Waals surface area contributed by atoms with Gasteiger partial charge in [-0.15, -0.1) is 0 Å². The van der Waals surface area contributed by atoms with Gasteiger partial charge in [0, 0.05) is 18.9 Å². The smallest absolute Gasteiger partial charge is 0.147 e. The zero-order valence-electron chi connectivity index (χ0n) is 13.4. The maximum Gasteiger partial charge on any atom is 0.147 e. The number of rotatable bonds is 10. The van der Waals surface area contributed by atoms with Gasteiger partial charge < -0.3 is 10.6 Å². The first-order valence-corrected chi connectivity index (χ1v) is 8.80. The molecule has 0 aromatic rings. The lowest BCUT2D eigenvalue weighted by atomic mass is 9.94. The van der Waals surface area contributed by atoms with Crippen LogP contribution in [0.25, 0.3) is 0 Å². The quantitative estimate of drug-likeness (QED) is 0.498. The fraction of sp³-hybridized carbons (Fsp3) is 0.800. The van der Waals surface area contributed by atoms with Crippen LogP contribution in [-0.2, 0) is 14.4 Å². The van der Waals surface area contributed by atoms with E-state index in [2.05, 4.69) is 15.4 Å². The number of carbonyl (C=O) groups excluding carboxylic acids is 3. The lowest BCUT2D eigenvalue weighted by Gasteiger charge is -2.16. The molecule has 0 aromatic heterocycles. The topological polar surface area (TPSA) is 87.3 Å². The van der Waals surface area contributed by atoms with Crippen molar-refractivity contribution in [3.63, 3.8) is 0 Å². The van der Waals surface area contributed by atoms with Crippen LogP contribution in [0.3, 0.4) is 0 Å². The molecule has 0 aromatic carbocycles. The van der Waals surface area contributed by atoms with Crippen LogP contribution in [0.5, 0.6) is 0 Å². The largest absolute Gasteiger partial charge is 0.320 e. The molecular formula is C15H27N3O3S. The van der Waals surface area contributed by atoms with Crippen molar-refractivity contribution < 1.29 is 14.4 Å². The molecule has 1 aliphatic heterocycles. The van der Waals surface area contributed by atoms with E-state index >= 15 is 0 Å². The summed E-state index contributed by atoms with van der Waals surface area (Å²) in [5, 5.41) is 6.02. The number of hydrogen-bond acceptors (Lipinski definition) is 7. The van der Waals surface area contributed by atoms with Crippen molar-refractivity contribution in [1.29, 1.82) is 0 Å². The molecule has 0 unspecified atom stereocenters. The summed E-state index contributed by atoms with van der Waals surface area (Å²) in [5.74, 6) is 0.803. The third-order valence-corrected chi connectivity index (χ3v) is 4.69. The van der Waals surface area contributed by atoms with E-state index in [-0.39, 0.29) is 35.9 Å². The number of ketones is 3. The first-order chi connectivity index (χ1) is 10.5. The van der Waals surface area contributed by atoms with E-state index in [0.29, 0.717) is 25.0 Å². The number of carbonyl (C=O) groups is 3. The van der Waals surface area contributed by atoms with Gasteiger partial charge in [-0.05, 0) is 39.8 Å². The maximum absolute atomic E-state index is 12.0. The highest BCUT2D eigenvalue weighted by Gasteiger charge is 2.22. The van der Waals surface area contributed by atoms with Crippen LogP contribution in [-0.4, -0.2) is 55.8 Å². The Morgan fingerprint density at radius 3 is 2.91 bits per heavy atom. The predicted octanol–water partition coefficient (Wildman–Crippen LogP) is 0.319. The van der Waals surface area contributed by atoms with Crippen LogP contribution in [0.15, 0.2) is 0 Å². The Bertz CT molecular complexity index is 390. The van der Waals surface area contributed by atoms with E-state index in [1.807, 2.05) is 7.05 Å². The van der Waals surface area contributed by atoms with Crippen molar-refractivity contribution in [3.8, 4) is 0 Å². The van der Waals surface area contributed by atoms with Gasteiger partial charge in [0.1, 0.15) is 17.3 Å². The van der Waals surface area contributed by atoms with Crippen LogP contribution in [0.2, 0.25) is 0 Å². The minimum Gasteiger partial charge on any atom is -0.320 e. The van der Waals surface area contributed by atoms with Gasteiger partial charge in [-0.25, -0.2) is 0 Å². The summed E-state index contributed by atoms with van der Waals surface area (Å²) in [6.45, 7) is 3.27. The second kappa shape index (κ2) is 10.9. The van der Waals surface area contributed by atoms with Gasteiger partial charge in [0.25, 0.3) is 0 Å². The average Bonchev–Trinajstić information content (AvgIpc) is 2.69. The van der Waals surface area contributed by atoms with Crippen molar-refractivity contribution in [2.24, 2.45) is 5.92 Å². The van der Waals surface area contributed by atoms with Crippen molar-refractivity contribution in [3.05, 3.63) is 0 Å². The van der Waals surface area contributed by atoms with Gasteiger partial charge >= 0.3 is 0 Å². The van der Waals surface area contributed by atoms with Gasteiger partial charge in [-0.1, -0.05) is 11.9 Å². The fourth-order valence-corrected chi connectivity index (χ4v) is 3.15. The maximum atomic E-state index is 12.0. The van der Waals surface area contributed by atoms with E-state index in [0.717, 1.165) is 19.5 Å². The molecule has 0 radical (unpaired) electrons. The molecule has 3 N–H and O–H groups in total. The Morgan fingerprint density at radius 1 is 1.45 bits per heavy atom. The first-order valence-electron chi connectivity index (χ1n) is 7.82. The lowest BCUT2D eigenvalue weighted by Crippen LogP contribution is -2.40. The third-order valence-electron chi connectivity index (χ3n) is 3.86. The van der Waals surface area contributed by atoms with Crippen molar-refractivity contribution in [2.45, 2.75) is 38.6 Å². The van der Waals surface area contributed by atoms with Crippen LogP contribution in [0.4, 0.5) is 0 Å². The van der Waals surface area contributed by atoms with E-state index in [1.54, 1.807) is 0 Å². The van der Waals surface area contributed by atoms with Gasteiger partial charge in [0.05, 0.1) is 18.3 Å². The van der Waals surface area contributed by atoms with Crippen LogP contribution in [0.1, 0.15) is 32.6 Å². The van der Waals surface area contributed by atoms with Gasteiger partial charge in [-0.3, -0.25) is 19.1 Å². The Labute approximate surface area is 136 Å². The number of nitrogens with one attached hydrogen (secondary N) is 3. The highest BCUT2D eigenvalue weighted by Crippen LogP contribution is 2.18. The molecule has 0 saturated carbocycles. The molecule has 1 fully saturated rings. The van der Waals surface area contributed by atoms with Crippen molar-refractivity contribution in [2.75, 3.05) is 32.4 Å². The molecule has 0 spiro atoms. The fourth-order valence-electron chi connectivity index (χ4n) is 2.41. The lowest BCUT2D eigenvalue weighted by molar-refractivity contribution is -0.121. The van der Waals surface area contributed by atoms with Gasteiger partial charge in [0.2, 0.25) is 0 Å². The molecule has 0 aliphatic carbocycles. The molecule has 0 amide bonds. The third kappa shape index (κ3) is 7.49. The van der Waals surface area contributed by atoms with Crippen LogP contribution < -0.4 is 15.4 Å². The standard InChI is InChI=1S/C15H27N3O3S/c1-11(19)14(6-7-16-2)17-9-13(20)4-3-12-5-8-18-22-10-15(12)21/h12,14,16-18H,3-10H2,1-2H3/t12-,14+/m1/s1. The minimum atomic E-state index is -0.281. The van der Waals surface area contributed by atoms with E-state index in [4.69, 9.17) is 0 Å². The Kier molecular flexibility index (Phi) is 9.54. The number of hydrogen-bond donors (Lipinski definition) is 3. The Morgan fingerprint density at radius 2 is 2.23 bits per heavy atom. The monoisotopic (exact) mass is 329 g/mol. The van der Waals surface area contributed by atoms with Gasteiger partial charge in [0.15, 0.2) is 0 Å². The average molecular weight is 329 g/mol. The van der Waals surface area contributed by atoms with E-state index in [1.165, 1.54) is 18.9 Å². The van der Waals surface area contributed by atoms with Crippen LogP contribution >= 0.6 is 11.9 Å². The second-order valence-electron chi connectivity index (χ2n) is 5.65. The highest BCUT2D eigenvalue weighted by atomic mass is 32.2.